The molecule has 0 saturated heterocycles. The van der Waals surface area contributed by atoms with Crippen LogP contribution in [0.15, 0.2) is 30.3 Å². The van der Waals surface area contributed by atoms with Gasteiger partial charge in [-0.05, 0) is 25.2 Å². The summed E-state index contributed by atoms with van der Waals surface area (Å²) in [5, 5.41) is 2.49. The molecule has 2 rings (SSSR count). The topological polar surface area (TPSA) is 12.0 Å². The smallest absolute Gasteiger partial charge is 0.161 e. The van der Waals surface area contributed by atoms with Gasteiger partial charge in [0.05, 0.1) is 6.04 Å². The normalized spacial score (nSPS) is 12.5. The summed E-state index contributed by atoms with van der Waals surface area (Å²) in [7, 11) is 1.33. The standard InChI is InChI=1S/C14H10F5N/c1-20-14(13-8(15)3-2-4-9(13)16)7-5-11(18)12(19)6-10(7)17/h2-6,14,20H,1H3. The lowest BCUT2D eigenvalue weighted by atomic mass is 9.97. The van der Waals surface area contributed by atoms with Gasteiger partial charge in [0.25, 0.3) is 0 Å². The highest BCUT2D eigenvalue weighted by atomic mass is 19.2. The van der Waals surface area contributed by atoms with E-state index in [1.165, 1.54) is 7.05 Å². The first-order chi connectivity index (χ1) is 9.45. The van der Waals surface area contributed by atoms with E-state index in [0.717, 1.165) is 18.2 Å². The minimum Gasteiger partial charge on any atom is -0.309 e. The van der Waals surface area contributed by atoms with Gasteiger partial charge in [0, 0.05) is 17.2 Å². The Morgan fingerprint density at radius 2 is 1.35 bits per heavy atom. The summed E-state index contributed by atoms with van der Waals surface area (Å²) in [6.45, 7) is 0. The molecule has 0 bridgehead atoms. The molecule has 1 nitrogen and oxygen atoms in total. The zero-order valence-electron chi connectivity index (χ0n) is 10.4. The number of rotatable bonds is 3. The highest BCUT2D eigenvalue weighted by Crippen LogP contribution is 2.29. The Kier molecular flexibility index (Phi) is 4.04. The molecular formula is C14H10F5N. The largest absolute Gasteiger partial charge is 0.309 e. The molecule has 0 heterocycles. The highest BCUT2D eigenvalue weighted by Gasteiger charge is 2.24. The van der Waals surface area contributed by atoms with Crippen molar-refractivity contribution in [3.63, 3.8) is 0 Å². The molecule has 0 fully saturated rings. The van der Waals surface area contributed by atoms with Gasteiger partial charge >= 0.3 is 0 Å². The summed E-state index contributed by atoms with van der Waals surface area (Å²) in [5.41, 5.74) is -0.838. The van der Waals surface area contributed by atoms with Crippen LogP contribution in [0.2, 0.25) is 0 Å². The molecule has 0 spiro atoms. The molecule has 6 heteroatoms. The summed E-state index contributed by atoms with van der Waals surface area (Å²) in [6.07, 6.45) is 0. The number of benzene rings is 2. The Hall–Kier alpha value is -1.95. The van der Waals surface area contributed by atoms with Crippen molar-refractivity contribution in [1.82, 2.24) is 5.32 Å². The van der Waals surface area contributed by atoms with Crippen LogP contribution < -0.4 is 5.32 Å². The zero-order chi connectivity index (χ0) is 14.9. The van der Waals surface area contributed by atoms with Crippen LogP contribution >= 0.6 is 0 Å². The van der Waals surface area contributed by atoms with Crippen LogP contribution in [0.5, 0.6) is 0 Å². The predicted octanol–water partition coefficient (Wildman–Crippen LogP) is 3.69. The van der Waals surface area contributed by atoms with Gasteiger partial charge < -0.3 is 5.32 Å². The average molecular weight is 287 g/mol. The summed E-state index contributed by atoms with van der Waals surface area (Å²) in [6, 6.07) is 2.81. The first kappa shape index (κ1) is 14.5. The number of halogens is 5. The van der Waals surface area contributed by atoms with Crippen LogP contribution in [0, 0.1) is 29.1 Å². The molecule has 1 unspecified atom stereocenters. The van der Waals surface area contributed by atoms with Crippen molar-refractivity contribution in [3.8, 4) is 0 Å². The SMILES string of the molecule is CNC(c1cc(F)c(F)cc1F)c1c(F)cccc1F. The van der Waals surface area contributed by atoms with E-state index in [1.807, 2.05) is 0 Å². The van der Waals surface area contributed by atoms with Crippen molar-refractivity contribution in [3.05, 3.63) is 70.5 Å². The Morgan fingerprint density at radius 1 is 0.800 bits per heavy atom. The molecule has 20 heavy (non-hydrogen) atoms. The second-order valence-corrected chi connectivity index (χ2v) is 4.14. The monoisotopic (exact) mass is 287 g/mol. The number of hydrogen-bond acceptors (Lipinski definition) is 1. The van der Waals surface area contributed by atoms with Gasteiger partial charge in [-0.3, -0.25) is 0 Å². The van der Waals surface area contributed by atoms with Crippen LogP contribution in [0.25, 0.3) is 0 Å². The highest BCUT2D eigenvalue weighted by molar-refractivity contribution is 5.35. The van der Waals surface area contributed by atoms with Crippen LogP contribution in [0.3, 0.4) is 0 Å². The van der Waals surface area contributed by atoms with Crippen molar-refractivity contribution >= 4 is 0 Å². The third kappa shape index (κ3) is 2.51. The maximum Gasteiger partial charge on any atom is 0.161 e. The zero-order valence-corrected chi connectivity index (χ0v) is 10.4. The Balaban J connectivity index is 2.62. The summed E-state index contributed by atoms with van der Waals surface area (Å²) in [4.78, 5) is 0. The van der Waals surface area contributed by atoms with E-state index in [2.05, 4.69) is 5.32 Å². The van der Waals surface area contributed by atoms with Crippen LogP contribution in [-0.2, 0) is 0 Å². The van der Waals surface area contributed by atoms with Crippen LogP contribution in [-0.4, -0.2) is 7.05 Å². The fourth-order valence-corrected chi connectivity index (χ4v) is 2.00. The Bertz CT molecular complexity index is 621. The fourth-order valence-electron chi connectivity index (χ4n) is 2.00. The molecule has 106 valence electrons. The molecule has 0 radical (unpaired) electrons. The predicted molar refractivity (Wildman–Crippen MR) is 63.6 cm³/mol. The molecule has 0 saturated carbocycles. The molecule has 0 amide bonds. The fraction of sp³-hybridized carbons (Fsp3) is 0.143. The summed E-state index contributed by atoms with van der Waals surface area (Å²) < 4.78 is 67.3. The van der Waals surface area contributed by atoms with Crippen molar-refractivity contribution in [1.29, 1.82) is 0 Å². The second-order valence-electron chi connectivity index (χ2n) is 4.14. The third-order valence-corrected chi connectivity index (χ3v) is 2.93. The van der Waals surface area contributed by atoms with E-state index >= 15 is 0 Å². The van der Waals surface area contributed by atoms with Gasteiger partial charge in [-0.1, -0.05) is 6.07 Å². The molecule has 1 N–H and O–H groups in total. The van der Waals surface area contributed by atoms with E-state index < -0.39 is 40.7 Å². The first-order valence-electron chi connectivity index (χ1n) is 5.71. The maximum atomic E-state index is 13.7. The summed E-state index contributed by atoms with van der Waals surface area (Å²) in [5.74, 6) is -5.57. The van der Waals surface area contributed by atoms with Crippen molar-refractivity contribution in [2.24, 2.45) is 0 Å². The van der Waals surface area contributed by atoms with E-state index in [4.69, 9.17) is 0 Å². The quantitative estimate of drug-likeness (QED) is 0.670. The second kappa shape index (κ2) is 5.58. The molecular weight excluding hydrogens is 277 g/mol. The Morgan fingerprint density at radius 3 is 1.90 bits per heavy atom. The van der Waals surface area contributed by atoms with Gasteiger partial charge in [-0.25, -0.2) is 22.0 Å². The average Bonchev–Trinajstić information content (AvgIpc) is 2.39. The van der Waals surface area contributed by atoms with Crippen LogP contribution in [0.4, 0.5) is 22.0 Å². The van der Waals surface area contributed by atoms with E-state index in [1.54, 1.807) is 0 Å². The van der Waals surface area contributed by atoms with E-state index in [9.17, 15) is 22.0 Å². The lowest BCUT2D eigenvalue weighted by Crippen LogP contribution is -2.22. The number of nitrogens with one attached hydrogen (secondary N) is 1. The van der Waals surface area contributed by atoms with E-state index in [-0.39, 0.29) is 5.56 Å². The van der Waals surface area contributed by atoms with Gasteiger partial charge in [0.1, 0.15) is 17.5 Å². The van der Waals surface area contributed by atoms with Crippen molar-refractivity contribution in [2.75, 3.05) is 7.05 Å². The molecule has 2 aromatic carbocycles. The first-order valence-corrected chi connectivity index (χ1v) is 5.71. The van der Waals surface area contributed by atoms with Gasteiger partial charge in [-0.15, -0.1) is 0 Å². The molecule has 2 aromatic rings. The Labute approximate surface area is 112 Å². The third-order valence-electron chi connectivity index (χ3n) is 2.93. The van der Waals surface area contributed by atoms with E-state index in [0.29, 0.717) is 12.1 Å². The lowest BCUT2D eigenvalue weighted by Gasteiger charge is -2.19. The molecule has 0 aliphatic rings. The van der Waals surface area contributed by atoms with Gasteiger partial charge in [-0.2, -0.15) is 0 Å². The number of hydrogen-bond donors (Lipinski definition) is 1. The molecule has 0 aliphatic carbocycles. The van der Waals surface area contributed by atoms with Gasteiger partial charge in [0.2, 0.25) is 0 Å². The molecule has 0 aromatic heterocycles. The minimum absolute atomic E-state index is 0.341. The van der Waals surface area contributed by atoms with Crippen molar-refractivity contribution < 1.29 is 22.0 Å². The summed E-state index contributed by atoms with van der Waals surface area (Å²) >= 11 is 0. The van der Waals surface area contributed by atoms with Gasteiger partial charge in [0.15, 0.2) is 11.6 Å². The minimum atomic E-state index is -1.37. The van der Waals surface area contributed by atoms with Crippen molar-refractivity contribution in [2.45, 2.75) is 6.04 Å². The lowest BCUT2D eigenvalue weighted by molar-refractivity contribution is 0.474. The van der Waals surface area contributed by atoms with Crippen LogP contribution in [0.1, 0.15) is 17.2 Å². The molecule has 1 atom stereocenters. The maximum absolute atomic E-state index is 13.7. The molecule has 0 aliphatic heterocycles.